The molecule has 3 aromatic rings. The molecule has 8 heteroatoms. The molecule has 1 atom stereocenters. The van der Waals surface area contributed by atoms with Gasteiger partial charge in [-0.15, -0.1) is 23.1 Å². The smallest absolute Gasteiger partial charge is 0.253 e. The van der Waals surface area contributed by atoms with Crippen LogP contribution in [0.15, 0.2) is 58.8 Å². The maximum absolute atomic E-state index is 13.1. The molecule has 0 saturated carbocycles. The van der Waals surface area contributed by atoms with E-state index in [2.05, 4.69) is 10.3 Å². The van der Waals surface area contributed by atoms with E-state index in [1.807, 2.05) is 35.9 Å². The number of amides is 2. The van der Waals surface area contributed by atoms with E-state index in [0.29, 0.717) is 30.2 Å². The minimum Gasteiger partial charge on any atom is -0.338 e. The van der Waals surface area contributed by atoms with Crippen LogP contribution in [0, 0.1) is 11.7 Å². The molecule has 5 nitrogen and oxygen atoms in total. The van der Waals surface area contributed by atoms with E-state index in [4.69, 9.17) is 0 Å². The number of hydrogen-bond acceptors (Lipinski definition) is 5. The predicted octanol–water partition coefficient (Wildman–Crippen LogP) is 5.16. The number of benzene rings is 2. The minimum atomic E-state index is -0.379. The second kappa shape index (κ2) is 9.62. The van der Waals surface area contributed by atoms with Gasteiger partial charge in [0.05, 0.1) is 11.6 Å². The van der Waals surface area contributed by atoms with Gasteiger partial charge in [0.15, 0.2) is 5.13 Å². The van der Waals surface area contributed by atoms with Crippen LogP contribution in [0.3, 0.4) is 0 Å². The number of piperidine rings is 1. The number of likely N-dealkylation sites (tertiary alicyclic amines) is 1. The third-order valence-electron chi connectivity index (χ3n) is 5.29. The number of carbonyl (C=O) groups excluding carboxylic acids is 2. The van der Waals surface area contributed by atoms with E-state index in [1.165, 1.54) is 40.5 Å². The predicted molar refractivity (Wildman–Crippen MR) is 123 cm³/mol. The van der Waals surface area contributed by atoms with E-state index in [-0.39, 0.29) is 23.5 Å². The van der Waals surface area contributed by atoms with Crippen molar-refractivity contribution >= 4 is 40.0 Å². The summed E-state index contributed by atoms with van der Waals surface area (Å²) in [6, 6.07) is 13.6. The van der Waals surface area contributed by atoms with Crippen molar-refractivity contribution in [3.8, 4) is 11.3 Å². The molecule has 0 spiro atoms. The Hall–Kier alpha value is -2.71. The van der Waals surface area contributed by atoms with Crippen LogP contribution < -0.4 is 5.32 Å². The summed E-state index contributed by atoms with van der Waals surface area (Å²) >= 11 is 3.07. The molecule has 0 bridgehead atoms. The average molecular weight is 456 g/mol. The Labute approximate surface area is 188 Å². The summed E-state index contributed by atoms with van der Waals surface area (Å²) in [5.41, 5.74) is 2.26. The van der Waals surface area contributed by atoms with Gasteiger partial charge in [-0.25, -0.2) is 9.37 Å². The quantitative estimate of drug-likeness (QED) is 0.540. The number of nitrogens with one attached hydrogen (secondary N) is 1. The van der Waals surface area contributed by atoms with Crippen LogP contribution in [0.25, 0.3) is 11.3 Å². The molecule has 4 rings (SSSR count). The van der Waals surface area contributed by atoms with Crippen molar-refractivity contribution in [3.05, 3.63) is 65.3 Å². The van der Waals surface area contributed by atoms with Crippen molar-refractivity contribution in [1.82, 2.24) is 9.88 Å². The molecular weight excluding hydrogens is 433 g/mol. The standard InChI is InChI=1S/C23H22FN3O2S2/c1-30-19-10-6-15(7-11-19)20-14-31-23(25-20)26-21(28)17-3-2-12-27(13-17)22(29)16-4-8-18(24)9-5-16/h4-11,14,17H,2-3,12-13H2,1H3,(H,25,26,28). The first-order valence-electron chi connectivity index (χ1n) is 9.99. The van der Waals surface area contributed by atoms with Crippen LogP contribution in [-0.4, -0.2) is 41.0 Å². The molecule has 2 heterocycles. The van der Waals surface area contributed by atoms with Crippen molar-refractivity contribution < 1.29 is 14.0 Å². The minimum absolute atomic E-state index is 0.129. The maximum Gasteiger partial charge on any atom is 0.253 e. The van der Waals surface area contributed by atoms with Crippen LogP contribution in [0.2, 0.25) is 0 Å². The lowest BCUT2D eigenvalue weighted by Gasteiger charge is -2.32. The van der Waals surface area contributed by atoms with Gasteiger partial charge in [0.1, 0.15) is 5.82 Å². The second-order valence-corrected chi connectivity index (χ2v) is 9.09. The van der Waals surface area contributed by atoms with Crippen molar-refractivity contribution in [2.24, 2.45) is 5.92 Å². The highest BCUT2D eigenvalue weighted by molar-refractivity contribution is 7.98. The highest BCUT2D eigenvalue weighted by Gasteiger charge is 2.29. The van der Waals surface area contributed by atoms with Gasteiger partial charge in [-0.05, 0) is 55.5 Å². The number of hydrogen-bond donors (Lipinski definition) is 1. The van der Waals surface area contributed by atoms with Gasteiger partial charge in [-0.3, -0.25) is 9.59 Å². The average Bonchev–Trinajstić information content (AvgIpc) is 3.27. The lowest BCUT2D eigenvalue weighted by molar-refractivity contribution is -0.121. The Morgan fingerprint density at radius 2 is 1.90 bits per heavy atom. The molecule has 0 aliphatic carbocycles. The van der Waals surface area contributed by atoms with Crippen LogP contribution in [0.1, 0.15) is 23.2 Å². The van der Waals surface area contributed by atoms with Crippen LogP contribution in [0.5, 0.6) is 0 Å². The number of nitrogens with zero attached hydrogens (tertiary/aromatic N) is 2. The zero-order valence-electron chi connectivity index (χ0n) is 17.0. The molecule has 2 amide bonds. The van der Waals surface area contributed by atoms with Crippen LogP contribution in [0.4, 0.5) is 9.52 Å². The number of halogens is 1. The van der Waals surface area contributed by atoms with Gasteiger partial charge in [-0.2, -0.15) is 0 Å². The lowest BCUT2D eigenvalue weighted by Crippen LogP contribution is -2.43. The molecule has 1 aliphatic heterocycles. The van der Waals surface area contributed by atoms with Gasteiger partial charge >= 0.3 is 0 Å². The van der Waals surface area contributed by atoms with Gasteiger partial charge in [0.2, 0.25) is 5.91 Å². The SMILES string of the molecule is CSc1ccc(-c2csc(NC(=O)C3CCCN(C(=O)c4ccc(F)cc4)C3)n2)cc1. The summed E-state index contributed by atoms with van der Waals surface area (Å²) < 4.78 is 13.1. The van der Waals surface area contributed by atoms with Crippen molar-refractivity contribution in [3.63, 3.8) is 0 Å². The van der Waals surface area contributed by atoms with E-state index < -0.39 is 0 Å². The highest BCUT2D eigenvalue weighted by atomic mass is 32.2. The first kappa shape index (κ1) is 21.5. The summed E-state index contributed by atoms with van der Waals surface area (Å²) in [5.74, 6) is -0.986. The second-order valence-electron chi connectivity index (χ2n) is 7.35. The summed E-state index contributed by atoms with van der Waals surface area (Å²) in [6.07, 6.45) is 3.49. The number of thioether (sulfide) groups is 1. The van der Waals surface area contributed by atoms with Crippen LogP contribution in [-0.2, 0) is 4.79 Å². The molecule has 0 radical (unpaired) electrons. The number of anilines is 1. The Kier molecular flexibility index (Phi) is 6.67. The fourth-order valence-electron chi connectivity index (χ4n) is 3.58. The summed E-state index contributed by atoms with van der Waals surface area (Å²) in [7, 11) is 0. The molecule has 1 saturated heterocycles. The van der Waals surface area contributed by atoms with Crippen molar-refractivity contribution in [1.29, 1.82) is 0 Å². The number of rotatable bonds is 5. The number of thiazole rings is 1. The maximum atomic E-state index is 13.1. The normalized spacial score (nSPS) is 16.2. The zero-order valence-corrected chi connectivity index (χ0v) is 18.6. The molecule has 160 valence electrons. The fraction of sp³-hybridized carbons (Fsp3) is 0.261. The van der Waals surface area contributed by atoms with Gasteiger partial charge in [0.25, 0.3) is 5.91 Å². The molecule has 1 aromatic heterocycles. The number of aromatic nitrogens is 1. The monoisotopic (exact) mass is 455 g/mol. The molecular formula is C23H22FN3O2S2. The molecule has 1 N–H and O–H groups in total. The number of carbonyl (C=O) groups is 2. The third kappa shape index (κ3) is 5.14. The Bertz CT molecular complexity index is 1070. The zero-order chi connectivity index (χ0) is 21.8. The Morgan fingerprint density at radius 3 is 2.61 bits per heavy atom. The fourth-order valence-corrected chi connectivity index (χ4v) is 4.71. The molecule has 1 aliphatic rings. The summed E-state index contributed by atoms with van der Waals surface area (Å²) in [5, 5.41) is 5.39. The van der Waals surface area contributed by atoms with Gasteiger partial charge < -0.3 is 10.2 Å². The summed E-state index contributed by atoms with van der Waals surface area (Å²) in [6.45, 7) is 0.934. The Balaban J connectivity index is 1.38. The first-order chi connectivity index (χ1) is 15.0. The van der Waals surface area contributed by atoms with E-state index in [1.54, 1.807) is 16.7 Å². The van der Waals surface area contributed by atoms with E-state index in [0.717, 1.165) is 17.7 Å². The molecule has 1 unspecified atom stereocenters. The van der Waals surface area contributed by atoms with E-state index >= 15 is 0 Å². The largest absolute Gasteiger partial charge is 0.338 e. The van der Waals surface area contributed by atoms with Crippen molar-refractivity contribution in [2.45, 2.75) is 17.7 Å². The Morgan fingerprint density at radius 1 is 1.16 bits per heavy atom. The van der Waals surface area contributed by atoms with Gasteiger partial charge in [0, 0.05) is 34.5 Å². The topological polar surface area (TPSA) is 62.3 Å². The third-order valence-corrected chi connectivity index (χ3v) is 6.79. The van der Waals surface area contributed by atoms with E-state index in [9.17, 15) is 14.0 Å². The summed E-state index contributed by atoms with van der Waals surface area (Å²) in [4.78, 5) is 32.9. The molecule has 31 heavy (non-hydrogen) atoms. The lowest BCUT2D eigenvalue weighted by atomic mass is 9.96. The van der Waals surface area contributed by atoms with Crippen LogP contribution >= 0.6 is 23.1 Å². The highest BCUT2D eigenvalue weighted by Crippen LogP contribution is 2.28. The van der Waals surface area contributed by atoms with Gasteiger partial charge in [-0.1, -0.05) is 12.1 Å². The molecule has 1 fully saturated rings. The molecule has 2 aromatic carbocycles. The van der Waals surface area contributed by atoms with Crippen molar-refractivity contribution in [2.75, 3.05) is 24.7 Å². The first-order valence-corrected chi connectivity index (χ1v) is 12.1.